The van der Waals surface area contributed by atoms with Crippen LogP contribution >= 0.6 is 0 Å². The van der Waals surface area contributed by atoms with Gasteiger partial charge in [0.05, 0.1) is 22.8 Å². The summed E-state index contributed by atoms with van der Waals surface area (Å²) in [6.07, 6.45) is 3.65. The van der Waals surface area contributed by atoms with Crippen molar-refractivity contribution >= 4 is 0 Å². The summed E-state index contributed by atoms with van der Waals surface area (Å²) in [5.41, 5.74) is 9.22. The van der Waals surface area contributed by atoms with Crippen LogP contribution in [0.1, 0.15) is 11.1 Å². The molecule has 0 aliphatic rings. The number of hydrogen-bond donors (Lipinski definition) is 0. The van der Waals surface area contributed by atoms with Crippen LogP contribution in [0.2, 0.25) is 0 Å². The van der Waals surface area contributed by atoms with Crippen LogP contribution in [-0.2, 0) is 0 Å². The Morgan fingerprint density at radius 3 is 1.68 bits per heavy atom. The molecular weight excluding hydrogens is 376 g/mol. The Morgan fingerprint density at radius 2 is 1.10 bits per heavy atom. The molecule has 2 nitrogen and oxygen atoms in total. The van der Waals surface area contributed by atoms with Gasteiger partial charge in [-0.25, -0.2) is 0 Å². The summed E-state index contributed by atoms with van der Waals surface area (Å²) in [4.78, 5) is 0. The van der Waals surface area contributed by atoms with Crippen LogP contribution in [0, 0.1) is 20.2 Å². The number of hydrogen-bond acceptors (Lipinski definition) is 0. The lowest BCUT2D eigenvalue weighted by molar-refractivity contribution is -0.587. The molecule has 2 heteroatoms. The molecule has 31 heavy (non-hydrogen) atoms. The Balaban J connectivity index is 1.87. The molecule has 0 N–H and O–H groups in total. The summed E-state index contributed by atoms with van der Waals surface area (Å²) in [6.45, 7) is 4.23. The van der Waals surface area contributed by atoms with E-state index in [2.05, 4.69) is 139 Å². The van der Waals surface area contributed by atoms with Crippen LogP contribution < -0.4 is 4.57 Å². The van der Waals surface area contributed by atoms with E-state index in [-0.39, 0.29) is 0 Å². The number of aromatic nitrogens is 2. The van der Waals surface area contributed by atoms with Gasteiger partial charge in [-0.05, 0) is 49.2 Å². The highest BCUT2D eigenvalue weighted by Crippen LogP contribution is 2.33. The molecule has 0 bridgehead atoms. The molecule has 0 unspecified atom stereocenters. The topological polar surface area (TPSA) is 8.81 Å². The second-order valence-corrected chi connectivity index (χ2v) is 7.87. The minimum atomic E-state index is 1.09. The van der Waals surface area contributed by atoms with Crippen molar-refractivity contribution in [1.29, 1.82) is 0 Å². The van der Waals surface area contributed by atoms with Gasteiger partial charge in [-0.3, -0.25) is 9.13 Å². The quantitative estimate of drug-likeness (QED) is 0.240. The number of benzene rings is 4. The molecule has 0 fully saturated rings. The molecule has 0 atom stereocenters. The van der Waals surface area contributed by atoms with Crippen molar-refractivity contribution in [3.63, 3.8) is 0 Å². The average Bonchev–Trinajstić information content (AvgIpc) is 3.22. The van der Waals surface area contributed by atoms with Gasteiger partial charge in [0.25, 0.3) is 6.33 Å². The fourth-order valence-corrected chi connectivity index (χ4v) is 3.90. The summed E-state index contributed by atoms with van der Waals surface area (Å²) >= 11 is 0. The lowest BCUT2D eigenvalue weighted by Gasteiger charge is -2.13. The molecule has 0 spiro atoms. The van der Waals surface area contributed by atoms with Crippen molar-refractivity contribution in [2.24, 2.45) is 0 Å². The van der Waals surface area contributed by atoms with Crippen molar-refractivity contribution < 1.29 is 4.57 Å². The lowest BCUT2D eigenvalue weighted by Crippen LogP contribution is -2.31. The smallest absolute Gasteiger partial charge is 0.269 e. The molecule has 0 radical (unpaired) electrons. The first kappa shape index (κ1) is 19.1. The van der Waals surface area contributed by atoms with E-state index in [1.54, 1.807) is 0 Å². The Bertz CT molecular complexity index is 1190. The molecule has 0 saturated heterocycles. The van der Waals surface area contributed by atoms with Gasteiger partial charge in [0.15, 0.2) is 0 Å². The third kappa shape index (κ3) is 3.69. The van der Waals surface area contributed by atoms with E-state index in [1.165, 1.54) is 11.1 Å². The maximum Gasteiger partial charge on any atom is 0.269 e. The summed E-state index contributed by atoms with van der Waals surface area (Å²) in [5, 5.41) is 0. The molecule has 0 saturated carbocycles. The summed E-state index contributed by atoms with van der Waals surface area (Å²) in [5.74, 6) is 0. The van der Waals surface area contributed by atoms with E-state index in [0.29, 0.717) is 0 Å². The van der Waals surface area contributed by atoms with Crippen molar-refractivity contribution in [2.45, 2.75) is 13.8 Å². The Labute approximate surface area is 183 Å². The van der Waals surface area contributed by atoms with E-state index >= 15 is 0 Å². The maximum absolute atomic E-state index is 3.65. The third-order valence-corrected chi connectivity index (χ3v) is 5.55. The Hall–Kier alpha value is -3.91. The SMILES string of the molecule is Cc1ccc(-n2[c-][n+](-c3ccc(C)cc3)c(-c3ccccc3)c2-c2ccccc2)cc1. The minimum absolute atomic E-state index is 1.09. The van der Waals surface area contributed by atoms with Crippen molar-refractivity contribution in [3.05, 3.63) is 127 Å². The van der Waals surface area contributed by atoms with Gasteiger partial charge >= 0.3 is 0 Å². The zero-order chi connectivity index (χ0) is 21.2. The second-order valence-electron chi connectivity index (χ2n) is 7.87. The van der Waals surface area contributed by atoms with E-state index in [1.807, 2.05) is 0 Å². The van der Waals surface area contributed by atoms with E-state index in [9.17, 15) is 0 Å². The van der Waals surface area contributed by atoms with Gasteiger partial charge in [0.2, 0.25) is 0 Å². The number of rotatable bonds is 4. The van der Waals surface area contributed by atoms with E-state index in [0.717, 1.165) is 33.9 Å². The zero-order valence-corrected chi connectivity index (χ0v) is 17.8. The van der Waals surface area contributed by atoms with Crippen molar-refractivity contribution in [1.82, 2.24) is 4.57 Å². The summed E-state index contributed by atoms with van der Waals surface area (Å²) in [6, 6.07) is 38.4. The average molecular weight is 401 g/mol. The van der Waals surface area contributed by atoms with Crippen LogP contribution in [-0.4, -0.2) is 4.57 Å². The fraction of sp³-hybridized carbons (Fsp3) is 0.0690. The fourth-order valence-electron chi connectivity index (χ4n) is 3.90. The van der Waals surface area contributed by atoms with Gasteiger partial charge in [0, 0.05) is 0 Å². The van der Waals surface area contributed by atoms with Crippen LogP contribution in [0.5, 0.6) is 0 Å². The Morgan fingerprint density at radius 1 is 0.581 bits per heavy atom. The molecular formula is C29H24N2. The first-order valence-corrected chi connectivity index (χ1v) is 10.6. The van der Waals surface area contributed by atoms with Gasteiger partial charge in [-0.1, -0.05) is 96.1 Å². The second kappa shape index (κ2) is 8.08. The molecule has 1 aromatic heterocycles. The highest BCUT2D eigenvalue weighted by atomic mass is 15.2. The molecule has 5 aromatic rings. The lowest BCUT2D eigenvalue weighted by atomic mass is 10.0. The molecule has 150 valence electrons. The Kier molecular flexibility index (Phi) is 4.97. The maximum atomic E-state index is 3.65. The van der Waals surface area contributed by atoms with Crippen LogP contribution in [0.15, 0.2) is 109 Å². The first-order valence-electron chi connectivity index (χ1n) is 10.6. The highest BCUT2D eigenvalue weighted by Gasteiger charge is 2.21. The highest BCUT2D eigenvalue weighted by molar-refractivity contribution is 5.78. The predicted octanol–water partition coefficient (Wildman–Crippen LogP) is 6.51. The van der Waals surface area contributed by atoms with Gasteiger partial charge < -0.3 is 0 Å². The molecule has 0 aliphatic carbocycles. The first-order chi connectivity index (χ1) is 15.2. The number of imidazole rings is 1. The van der Waals surface area contributed by atoms with Crippen LogP contribution in [0.4, 0.5) is 0 Å². The molecule has 5 rings (SSSR count). The number of aryl methyl sites for hydroxylation is 2. The zero-order valence-electron chi connectivity index (χ0n) is 17.8. The van der Waals surface area contributed by atoms with E-state index < -0.39 is 0 Å². The standard InChI is InChI=1S/C29H24N2/c1-22-13-17-26(18-14-22)30-21-31(27-19-15-23(2)16-20-27)29(25-11-7-4-8-12-25)28(30)24-9-5-3-6-10-24/h3-20H,1-2H3. The molecule has 0 amide bonds. The molecule has 1 heterocycles. The summed E-state index contributed by atoms with van der Waals surface area (Å²) in [7, 11) is 0. The van der Waals surface area contributed by atoms with Gasteiger partial charge in [-0.2, -0.15) is 0 Å². The summed E-state index contributed by atoms with van der Waals surface area (Å²) < 4.78 is 4.36. The van der Waals surface area contributed by atoms with Crippen molar-refractivity contribution in [2.75, 3.05) is 0 Å². The normalized spacial score (nSPS) is 10.9. The molecule has 4 aromatic carbocycles. The molecule has 0 aliphatic heterocycles. The monoisotopic (exact) mass is 400 g/mol. The minimum Gasteiger partial charge on any atom is -0.291 e. The van der Waals surface area contributed by atoms with Crippen LogP contribution in [0.3, 0.4) is 0 Å². The predicted molar refractivity (Wildman–Crippen MR) is 126 cm³/mol. The largest absolute Gasteiger partial charge is 0.291 e. The number of nitrogens with zero attached hydrogens (tertiary/aromatic N) is 2. The van der Waals surface area contributed by atoms with Gasteiger partial charge in [-0.15, -0.1) is 0 Å². The van der Waals surface area contributed by atoms with E-state index in [4.69, 9.17) is 0 Å². The third-order valence-electron chi connectivity index (χ3n) is 5.55. The van der Waals surface area contributed by atoms with Gasteiger partial charge in [0.1, 0.15) is 0 Å². The van der Waals surface area contributed by atoms with Crippen molar-refractivity contribution in [3.8, 4) is 33.9 Å². The van der Waals surface area contributed by atoms with Crippen LogP contribution in [0.25, 0.3) is 33.9 Å².